The van der Waals surface area contributed by atoms with Crippen molar-refractivity contribution in [2.75, 3.05) is 33.3 Å². The number of hydrogen-bond acceptors (Lipinski definition) is 3. The van der Waals surface area contributed by atoms with Crippen molar-refractivity contribution in [2.45, 2.75) is 46.6 Å². The van der Waals surface area contributed by atoms with E-state index < -0.39 is 0 Å². The summed E-state index contributed by atoms with van der Waals surface area (Å²) in [5.74, 6) is 1.60. The number of likely N-dealkylation sites (tertiary alicyclic amines) is 1. The lowest BCUT2D eigenvalue weighted by atomic mass is 10.0. The van der Waals surface area contributed by atoms with E-state index in [-0.39, 0.29) is 5.91 Å². The summed E-state index contributed by atoms with van der Waals surface area (Å²) in [6.07, 6.45) is 3.63. The Morgan fingerprint density at radius 3 is 2.89 bits per heavy atom. The van der Waals surface area contributed by atoms with Crippen LogP contribution in [0, 0.1) is 12.8 Å². The third-order valence-electron chi connectivity index (χ3n) is 5.75. The van der Waals surface area contributed by atoms with E-state index in [1.165, 1.54) is 25.9 Å². The highest BCUT2D eigenvalue weighted by Crippen LogP contribution is 2.29. The number of carbonyl (C=O) groups is 1. The van der Waals surface area contributed by atoms with Crippen LogP contribution in [0.15, 0.2) is 18.2 Å². The van der Waals surface area contributed by atoms with Crippen LogP contribution in [0.4, 0.5) is 0 Å². The molecule has 1 aliphatic rings. The SMILES string of the molecule is CCn1c(C)c(C(=O)NCCCN2CCCC(C)C2)c2cc(OC)ccc21. The van der Waals surface area contributed by atoms with E-state index in [4.69, 9.17) is 4.74 Å². The van der Waals surface area contributed by atoms with Crippen molar-refractivity contribution >= 4 is 16.8 Å². The van der Waals surface area contributed by atoms with Crippen molar-refractivity contribution < 1.29 is 9.53 Å². The number of benzene rings is 1. The molecule has 1 aliphatic heterocycles. The predicted octanol–water partition coefficient (Wildman–Crippen LogP) is 3.83. The second-order valence-electron chi connectivity index (χ2n) is 7.75. The number of amides is 1. The van der Waals surface area contributed by atoms with E-state index >= 15 is 0 Å². The van der Waals surface area contributed by atoms with Crippen LogP contribution in [0.25, 0.3) is 10.9 Å². The van der Waals surface area contributed by atoms with E-state index in [0.29, 0.717) is 6.54 Å². The third kappa shape index (κ3) is 4.29. The van der Waals surface area contributed by atoms with Gasteiger partial charge in [-0.1, -0.05) is 6.92 Å². The minimum atomic E-state index is 0.0185. The van der Waals surface area contributed by atoms with Gasteiger partial charge in [0.1, 0.15) is 5.75 Å². The number of aryl methyl sites for hydroxylation is 1. The van der Waals surface area contributed by atoms with Crippen LogP contribution in [0.2, 0.25) is 0 Å². The first kappa shape index (κ1) is 19.7. The summed E-state index contributed by atoms with van der Waals surface area (Å²) in [6, 6.07) is 5.97. The smallest absolute Gasteiger partial charge is 0.253 e. The summed E-state index contributed by atoms with van der Waals surface area (Å²) >= 11 is 0. The average molecular weight is 372 g/mol. The standard InChI is InChI=1S/C22H33N3O2/c1-5-25-17(3)21(19-14-18(27-4)9-10-20(19)25)22(26)23-11-7-13-24-12-6-8-16(2)15-24/h9-10,14,16H,5-8,11-13,15H2,1-4H3,(H,23,26). The minimum absolute atomic E-state index is 0.0185. The van der Waals surface area contributed by atoms with E-state index in [2.05, 4.69) is 28.6 Å². The first-order valence-electron chi connectivity index (χ1n) is 10.2. The zero-order valence-corrected chi connectivity index (χ0v) is 17.2. The summed E-state index contributed by atoms with van der Waals surface area (Å²) in [5.41, 5.74) is 2.88. The van der Waals surface area contributed by atoms with Crippen LogP contribution in [0.1, 0.15) is 49.2 Å². The number of methoxy groups -OCH3 is 1. The summed E-state index contributed by atoms with van der Waals surface area (Å²) in [5, 5.41) is 4.11. The molecular weight excluding hydrogens is 338 g/mol. The number of nitrogens with zero attached hydrogens (tertiary/aromatic N) is 2. The van der Waals surface area contributed by atoms with Gasteiger partial charge >= 0.3 is 0 Å². The van der Waals surface area contributed by atoms with Crippen LogP contribution in [0.5, 0.6) is 5.75 Å². The van der Waals surface area contributed by atoms with E-state index in [9.17, 15) is 4.79 Å². The summed E-state index contributed by atoms with van der Waals surface area (Å²) in [4.78, 5) is 15.5. The molecule has 0 spiro atoms. The minimum Gasteiger partial charge on any atom is -0.497 e. The fourth-order valence-corrected chi connectivity index (χ4v) is 4.37. The van der Waals surface area contributed by atoms with Gasteiger partial charge in [-0.25, -0.2) is 0 Å². The van der Waals surface area contributed by atoms with E-state index in [1.807, 2.05) is 25.1 Å². The molecule has 1 atom stereocenters. The molecule has 0 radical (unpaired) electrons. The molecule has 5 nitrogen and oxygen atoms in total. The van der Waals surface area contributed by atoms with Crippen LogP contribution >= 0.6 is 0 Å². The molecule has 5 heteroatoms. The maximum atomic E-state index is 12.9. The molecule has 1 unspecified atom stereocenters. The van der Waals surface area contributed by atoms with E-state index in [1.54, 1.807) is 7.11 Å². The van der Waals surface area contributed by atoms with Crippen LogP contribution in [-0.2, 0) is 6.54 Å². The summed E-state index contributed by atoms with van der Waals surface area (Å²) < 4.78 is 7.56. The van der Waals surface area contributed by atoms with Gasteiger partial charge in [0.2, 0.25) is 0 Å². The Morgan fingerprint density at radius 1 is 1.37 bits per heavy atom. The zero-order chi connectivity index (χ0) is 19.4. The molecule has 27 heavy (non-hydrogen) atoms. The molecule has 1 fully saturated rings. The fourth-order valence-electron chi connectivity index (χ4n) is 4.37. The van der Waals surface area contributed by atoms with Crippen molar-refractivity contribution in [3.63, 3.8) is 0 Å². The largest absolute Gasteiger partial charge is 0.497 e. The van der Waals surface area contributed by atoms with Gasteiger partial charge in [0.05, 0.1) is 12.7 Å². The Morgan fingerprint density at radius 2 is 2.19 bits per heavy atom. The second-order valence-corrected chi connectivity index (χ2v) is 7.75. The molecule has 1 aromatic carbocycles. The normalized spacial score (nSPS) is 18.0. The van der Waals surface area contributed by atoms with Crippen LogP contribution in [0.3, 0.4) is 0 Å². The number of carbonyl (C=O) groups excluding carboxylic acids is 1. The zero-order valence-electron chi connectivity index (χ0n) is 17.2. The van der Waals surface area contributed by atoms with Crippen molar-refractivity contribution in [2.24, 2.45) is 5.92 Å². The first-order valence-corrected chi connectivity index (χ1v) is 10.2. The maximum Gasteiger partial charge on any atom is 0.253 e. The lowest BCUT2D eigenvalue weighted by molar-refractivity contribution is 0.0951. The molecule has 0 bridgehead atoms. The third-order valence-corrected chi connectivity index (χ3v) is 5.75. The topological polar surface area (TPSA) is 46.5 Å². The Kier molecular flexibility index (Phi) is 6.42. The fraction of sp³-hybridized carbons (Fsp3) is 0.591. The van der Waals surface area contributed by atoms with Crippen LogP contribution in [-0.4, -0.2) is 48.7 Å². The number of fused-ring (bicyclic) bond motifs is 1. The lowest BCUT2D eigenvalue weighted by Gasteiger charge is -2.30. The molecule has 1 amide bonds. The van der Waals surface area contributed by atoms with Crippen LogP contribution < -0.4 is 10.1 Å². The second kappa shape index (κ2) is 8.79. The number of ether oxygens (including phenoxy) is 1. The highest BCUT2D eigenvalue weighted by molar-refractivity contribution is 6.08. The molecule has 1 N–H and O–H groups in total. The predicted molar refractivity (Wildman–Crippen MR) is 111 cm³/mol. The Labute approximate surface area is 162 Å². The highest BCUT2D eigenvalue weighted by atomic mass is 16.5. The number of rotatable bonds is 7. The first-order chi connectivity index (χ1) is 13.0. The monoisotopic (exact) mass is 371 g/mol. The van der Waals surface area contributed by atoms with Crippen molar-refractivity contribution in [1.82, 2.24) is 14.8 Å². The summed E-state index contributed by atoms with van der Waals surface area (Å²) in [6.45, 7) is 11.5. The van der Waals surface area contributed by atoms with E-state index in [0.717, 1.165) is 53.3 Å². The average Bonchev–Trinajstić information content (AvgIpc) is 2.95. The molecular formula is C22H33N3O2. The number of hydrogen-bond donors (Lipinski definition) is 1. The van der Waals surface area contributed by atoms with Gasteiger partial charge in [0.25, 0.3) is 5.91 Å². The number of nitrogens with one attached hydrogen (secondary N) is 1. The van der Waals surface area contributed by atoms with Gasteiger partial charge < -0.3 is 19.5 Å². The lowest BCUT2D eigenvalue weighted by Crippen LogP contribution is -2.36. The Hall–Kier alpha value is -2.01. The molecule has 0 aliphatic carbocycles. The Bertz CT molecular complexity index is 796. The molecule has 148 valence electrons. The quantitative estimate of drug-likeness (QED) is 0.753. The van der Waals surface area contributed by atoms with Crippen molar-refractivity contribution in [3.8, 4) is 5.75 Å². The van der Waals surface area contributed by atoms with Gasteiger partial charge in [-0.3, -0.25) is 4.79 Å². The van der Waals surface area contributed by atoms with Gasteiger partial charge in [0.15, 0.2) is 0 Å². The summed E-state index contributed by atoms with van der Waals surface area (Å²) in [7, 11) is 1.66. The van der Waals surface area contributed by atoms with Gasteiger partial charge in [-0.15, -0.1) is 0 Å². The molecule has 2 aromatic rings. The molecule has 2 heterocycles. The van der Waals surface area contributed by atoms with Gasteiger partial charge in [-0.05, 0) is 70.3 Å². The maximum absolute atomic E-state index is 12.9. The number of piperidine rings is 1. The molecule has 1 aromatic heterocycles. The highest BCUT2D eigenvalue weighted by Gasteiger charge is 2.20. The van der Waals surface area contributed by atoms with Gasteiger partial charge in [0, 0.05) is 36.2 Å². The van der Waals surface area contributed by atoms with Crippen molar-refractivity contribution in [1.29, 1.82) is 0 Å². The van der Waals surface area contributed by atoms with Crippen molar-refractivity contribution in [3.05, 3.63) is 29.5 Å². The Balaban J connectivity index is 1.67. The molecule has 3 rings (SSSR count). The molecule has 1 saturated heterocycles. The molecule has 0 saturated carbocycles. The van der Waals surface area contributed by atoms with Gasteiger partial charge in [-0.2, -0.15) is 0 Å². The number of aromatic nitrogens is 1.